The number of phenols is 1. The van der Waals surface area contributed by atoms with Crippen molar-refractivity contribution in [2.24, 2.45) is 0 Å². The van der Waals surface area contributed by atoms with E-state index in [1.165, 1.54) is 6.07 Å². The van der Waals surface area contributed by atoms with Gasteiger partial charge in [0.25, 0.3) is 0 Å². The van der Waals surface area contributed by atoms with Gasteiger partial charge in [-0.15, -0.1) is 0 Å². The number of hydrogen-bond acceptors (Lipinski definition) is 3. The number of carboxylic acids is 1. The normalized spacial score (nSPS) is 10.6. The van der Waals surface area contributed by atoms with E-state index in [1.807, 2.05) is 19.9 Å². The minimum atomic E-state index is -1.17. The van der Waals surface area contributed by atoms with Gasteiger partial charge in [0.1, 0.15) is 17.1 Å². The summed E-state index contributed by atoms with van der Waals surface area (Å²) in [4.78, 5) is 11.1. The van der Waals surface area contributed by atoms with Crippen LogP contribution in [0.25, 0.3) is 10.8 Å². The zero-order valence-corrected chi connectivity index (χ0v) is 10.2. The first-order valence-electron chi connectivity index (χ1n) is 5.67. The van der Waals surface area contributed by atoms with Crippen LogP contribution in [0.15, 0.2) is 24.3 Å². The third-order valence-electron chi connectivity index (χ3n) is 2.84. The van der Waals surface area contributed by atoms with Gasteiger partial charge < -0.3 is 14.9 Å². The number of carbonyl (C=O) groups is 1. The highest BCUT2D eigenvalue weighted by molar-refractivity contribution is 6.04. The Kier molecular flexibility index (Phi) is 3.10. The molecule has 0 radical (unpaired) electrons. The molecule has 2 aromatic rings. The minimum absolute atomic E-state index is 0.142. The third-order valence-corrected chi connectivity index (χ3v) is 2.84. The maximum absolute atomic E-state index is 11.1. The van der Waals surface area contributed by atoms with Gasteiger partial charge in [-0.3, -0.25) is 0 Å². The zero-order chi connectivity index (χ0) is 13.3. The molecule has 2 N–H and O–H groups in total. The third kappa shape index (κ3) is 1.86. The quantitative estimate of drug-likeness (QED) is 0.873. The number of aryl methyl sites for hydroxylation is 1. The smallest absolute Gasteiger partial charge is 0.339 e. The number of ether oxygens (including phenoxy) is 1. The second kappa shape index (κ2) is 4.56. The van der Waals surface area contributed by atoms with Crippen LogP contribution in [0.2, 0.25) is 0 Å². The molecule has 0 unspecified atom stereocenters. The molecule has 0 heterocycles. The molecule has 4 heteroatoms. The maximum atomic E-state index is 11.1. The molecule has 0 aliphatic carbocycles. The van der Waals surface area contributed by atoms with E-state index in [-0.39, 0.29) is 11.3 Å². The van der Waals surface area contributed by atoms with E-state index in [9.17, 15) is 9.90 Å². The van der Waals surface area contributed by atoms with Crippen molar-refractivity contribution in [3.05, 3.63) is 35.4 Å². The Morgan fingerprint density at radius 1 is 1.39 bits per heavy atom. The number of hydrogen-bond donors (Lipinski definition) is 2. The molecule has 0 saturated carbocycles. The van der Waals surface area contributed by atoms with Crippen molar-refractivity contribution in [2.75, 3.05) is 6.61 Å². The fourth-order valence-corrected chi connectivity index (χ4v) is 2.04. The molecule has 2 aromatic carbocycles. The first kappa shape index (κ1) is 12.2. The molecule has 2 rings (SSSR count). The van der Waals surface area contributed by atoms with Crippen LogP contribution >= 0.6 is 0 Å². The Hall–Kier alpha value is -2.23. The summed E-state index contributed by atoms with van der Waals surface area (Å²) in [6, 6.07) is 6.73. The van der Waals surface area contributed by atoms with Crippen molar-refractivity contribution in [2.45, 2.75) is 13.8 Å². The molecule has 18 heavy (non-hydrogen) atoms. The van der Waals surface area contributed by atoms with Gasteiger partial charge in [0.15, 0.2) is 0 Å². The monoisotopic (exact) mass is 246 g/mol. The van der Waals surface area contributed by atoms with E-state index in [2.05, 4.69) is 0 Å². The van der Waals surface area contributed by atoms with Gasteiger partial charge in [0.05, 0.1) is 6.61 Å². The van der Waals surface area contributed by atoms with Gasteiger partial charge in [-0.25, -0.2) is 4.79 Å². The van der Waals surface area contributed by atoms with Crippen LogP contribution in [0.1, 0.15) is 22.8 Å². The molecular formula is C14H14O4. The second-order valence-electron chi connectivity index (χ2n) is 4.01. The summed E-state index contributed by atoms with van der Waals surface area (Å²) >= 11 is 0. The van der Waals surface area contributed by atoms with Crippen molar-refractivity contribution in [1.82, 2.24) is 0 Å². The molecule has 94 valence electrons. The summed E-state index contributed by atoms with van der Waals surface area (Å²) in [5, 5.41) is 20.3. The molecule has 0 fully saturated rings. The zero-order valence-electron chi connectivity index (χ0n) is 10.2. The van der Waals surface area contributed by atoms with E-state index in [4.69, 9.17) is 9.84 Å². The summed E-state index contributed by atoms with van der Waals surface area (Å²) in [6.07, 6.45) is 0. The van der Waals surface area contributed by atoms with E-state index in [0.29, 0.717) is 17.7 Å². The molecule has 0 aliphatic rings. The average Bonchev–Trinajstić information content (AvgIpc) is 2.32. The van der Waals surface area contributed by atoms with Crippen molar-refractivity contribution in [3.8, 4) is 11.5 Å². The highest BCUT2D eigenvalue weighted by Crippen LogP contribution is 2.37. The van der Waals surface area contributed by atoms with Crippen molar-refractivity contribution in [1.29, 1.82) is 0 Å². The van der Waals surface area contributed by atoms with Crippen molar-refractivity contribution < 1.29 is 19.7 Å². The van der Waals surface area contributed by atoms with Crippen LogP contribution in [-0.4, -0.2) is 22.8 Å². The summed E-state index contributed by atoms with van der Waals surface area (Å²) in [5.41, 5.74) is 0.791. The lowest BCUT2D eigenvalue weighted by Crippen LogP contribution is -2.01. The fourth-order valence-electron chi connectivity index (χ4n) is 2.04. The lowest BCUT2D eigenvalue weighted by Gasteiger charge is -2.13. The number of aromatic hydroxyl groups is 1. The van der Waals surface area contributed by atoms with Crippen molar-refractivity contribution in [3.63, 3.8) is 0 Å². The molecule has 0 saturated heterocycles. The van der Waals surface area contributed by atoms with Gasteiger partial charge in [-0.05, 0) is 25.5 Å². The lowest BCUT2D eigenvalue weighted by molar-refractivity contribution is 0.0693. The Morgan fingerprint density at radius 3 is 2.72 bits per heavy atom. The predicted molar refractivity (Wildman–Crippen MR) is 68.5 cm³/mol. The van der Waals surface area contributed by atoms with E-state index in [0.717, 1.165) is 10.9 Å². The van der Waals surface area contributed by atoms with Crippen LogP contribution in [-0.2, 0) is 0 Å². The molecule has 4 nitrogen and oxygen atoms in total. The first-order valence-corrected chi connectivity index (χ1v) is 5.67. The Morgan fingerprint density at radius 2 is 2.11 bits per heavy atom. The molecule has 0 amide bonds. The number of rotatable bonds is 3. The van der Waals surface area contributed by atoms with Crippen LogP contribution in [0.3, 0.4) is 0 Å². The van der Waals surface area contributed by atoms with E-state index < -0.39 is 5.97 Å². The van der Waals surface area contributed by atoms with Gasteiger partial charge in [-0.1, -0.05) is 18.2 Å². The first-order chi connectivity index (χ1) is 8.56. The highest BCUT2D eigenvalue weighted by atomic mass is 16.5. The van der Waals surface area contributed by atoms with Gasteiger partial charge in [0, 0.05) is 10.8 Å². The minimum Gasteiger partial charge on any atom is -0.506 e. The summed E-state index contributed by atoms with van der Waals surface area (Å²) < 4.78 is 5.47. The van der Waals surface area contributed by atoms with Crippen LogP contribution in [0.5, 0.6) is 11.5 Å². The van der Waals surface area contributed by atoms with Crippen LogP contribution in [0.4, 0.5) is 0 Å². The fraction of sp³-hybridized carbons (Fsp3) is 0.214. The maximum Gasteiger partial charge on any atom is 0.339 e. The SMILES string of the molecule is CCOc1cc(C(=O)O)c(O)c2cccc(C)c12. The standard InChI is InChI=1S/C14H14O4/c1-3-18-11-7-10(14(16)17)13(15)9-6-4-5-8(2)12(9)11/h4-7,15H,3H2,1-2H3,(H,16,17). The Balaban J connectivity index is 2.87. The number of benzene rings is 2. The molecule has 0 bridgehead atoms. The van der Waals surface area contributed by atoms with Gasteiger partial charge in [-0.2, -0.15) is 0 Å². The Labute approximate surface area is 104 Å². The molecular weight excluding hydrogens is 232 g/mol. The Bertz CT molecular complexity index is 617. The second-order valence-corrected chi connectivity index (χ2v) is 4.01. The lowest BCUT2D eigenvalue weighted by atomic mass is 10.0. The van der Waals surface area contributed by atoms with Crippen LogP contribution < -0.4 is 4.74 Å². The van der Waals surface area contributed by atoms with Gasteiger partial charge >= 0.3 is 5.97 Å². The summed E-state index contributed by atoms with van der Waals surface area (Å²) in [7, 11) is 0. The molecule has 0 aromatic heterocycles. The number of aromatic carboxylic acids is 1. The average molecular weight is 246 g/mol. The highest BCUT2D eigenvalue weighted by Gasteiger charge is 2.17. The molecule has 0 aliphatic heterocycles. The predicted octanol–water partition coefficient (Wildman–Crippen LogP) is 2.95. The van der Waals surface area contributed by atoms with E-state index >= 15 is 0 Å². The van der Waals surface area contributed by atoms with Crippen LogP contribution in [0, 0.1) is 6.92 Å². The van der Waals surface area contributed by atoms with E-state index in [1.54, 1.807) is 12.1 Å². The summed E-state index contributed by atoms with van der Waals surface area (Å²) in [6.45, 7) is 4.16. The molecule has 0 spiro atoms. The van der Waals surface area contributed by atoms with Crippen molar-refractivity contribution >= 4 is 16.7 Å². The molecule has 0 atom stereocenters. The number of carboxylic acid groups (broad SMARTS) is 1. The topological polar surface area (TPSA) is 66.8 Å². The number of fused-ring (bicyclic) bond motifs is 1. The largest absolute Gasteiger partial charge is 0.506 e. The summed E-state index contributed by atoms with van der Waals surface area (Å²) in [5.74, 6) is -0.901. The van der Waals surface area contributed by atoms with Gasteiger partial charge in [0.2, 0.25) is 0 Å².